The van der Waals surface area contributed by atoms with Crippen molar-refractivity contribution in [1.82, 2.24) is 0 Å². The number of ether oxygens (including phenoxy) is 1. The van der Waals surface area contributed by atoms with Gasteiger partial charge in [-0.2, -0.15) is 0 Å². The van der Waals surface area contributed by atoms with Crippen LogP contribution >= 0.6 is 34.8 Å². The number of nitrogens with one attached hydrogen (secondary N) is 1. The lowest BCUT2D eigenvalue weighted by atomic mass is 10.2. The SMILES string of the molecule is COc1ccc(C(=O)Nc2cc(Cl)c(Cl)cc2Cl)cc1S(N)(=O)=O. The molecule has 0 radical (unpaired) electrons. The molecule has 0 saturated heterocycles. The minimum Gasteiger partial charge on any atom is -0.495 e. The van der Waals surface area contributed by atoms with Gasteiger partial charge in [0.1, 0.15) is 10.6 Å². The second kappa shape index (κ2) is 7.16. The van der Waals surface area contributed by atoms with Gasteiger partial charge < -0.3 is 10.1 Å². The van der Waals surface area contributed by atoms with Crippen LogP contribution in [0.2, 0.25) is 15.1 Å². The predicted molar refractivity (Wildman–Crippen MR) is 93.8 cm³/mol. The molecule has 2 aromatic carbocycles. The number of carbonyl (C=O) groups is 1. The Morgan fingerprint density at radius 3 is 2.29 bits per heavy atom. The van der Waals surface area contributed by atoms with Crippen LogP contribution in [0.5, 0.6) is 5.75 Å². The molecule has 0 aliphatic heterocycles. The molecule has 0 unspecified atom stereocenters. The van der Waals surface area contributed by atoms with Gasteiger partial charge in [-0.3, -0.25) is 4.79 Å². The first kappa shape index (κ1) is 18.8. The lowest BCUT2D eigenvalue weighted by Crippen LogP contribution is -2.17. The number of anilines is 1. The second-order valence-electron chi connectivity index (χ2n) is 4.61. The van der Waals surface area contributed by atoms with Crippen molar-refractivity contribution in [3.8, 4) is 5.75 Å². The number of halogens is 3. The summed E-state index contributed by atoms with van der Waals surface area (Å²) >= 11 is 17.7. The summed E-state index contributed by atoms with van der Waals surface area (Å²) in [6.07, 6.45) is 0. The summed E-state index contributed by atoms with van der Waals surface area (Å²) in [4.78, 5) is 12.0. The van der Waals surface area contributed by atoms with E-state index in [9.17, 15) is 13.2 Å². The molecule has 0 saturated carbocycles. The summed E-state index contributed by atoms with van der Waals surface area (Å²) in [5, 5.41) is 8.26. The van der Waals surface area contributed by atoms with Crippen LogP contribution in [0.1, 0.15) is 10.4 Å². The molecule has 0 aromatic heterocycles. The monoisotopic (exact) mass is 408 g/mol. The largest absolute Gasteiger partial charge is 0.495 e. The first-order chi connectivity index (χ1) is 11.1. The van der Waals surface area contributed by atoms with Gasteiger partial charge in [-0.15, -0.1) is 0 Å². The smallest absolute Gasteiger partial charge is 0.255 e. The molecule has 0 heterocycles. The van der Waals surface area contributed by atoms with E-state index in [0.29, 0.717) is 0 Å². The van der Waals surface area contributed by atoms with Crippen molar-refractivity contribution in [3.63, 3.8) is 0 Å². The Balaban J connectivity index is 2.39. The van der Waals surface area contributed by atoms with E-state index in [1.807, 2.05) is 0 Å². The molecule has 128 valence electrons. The van der Waals surface area contributed by atoms with Crippen molar-refractivity contribution in [2.45, 2.75) is 4.90 Å². The maximum Gasteiger partial charge on any atom is 0.255 e. The zero-order valence-corrected chi connectivity index (χ0v) is 15.2. The second-order valence-corrected chi connectivity index (χ2v) is 7.36. The highest BCUT2D eigenvalue weighted by Gasteiger charge is 2.19. The third kappa shape index (κ3) is 4.12. The van der Waals surface area contributed by atoms with Crippen LogP contribution in [0.3, 0.4) is 0 Å². The topological polar surface area (TPSA) is 98.5 Å². The number of primary sulfonamides is 1. The summed E-state index contributed by atoms with van der Waals surface area (Å²) in [6.45, 7) is 0. The number of sulfonamides is 1. The molecule has 0 bridgehead atoms. The fourth-order valence-corrected chi connectivity index (χ4v) is 3.17. The van der Waals surface area contributed by atoms with Crippen LogP contribution in [-0.2, 0) is 10.0 Å². The lowest BCUT2D eigenvalue weighted by Gasteiger charge is -2.11. The number of methoxy groups -OCH3 is 1. The van der Waals surface area contributed by atoms with Crippen LogP contribution in [0.25, 0.3) is 0 Å². The standard InChI is InChI=1S/C14H11Cl3N2O4S/c1-23-12-3-2-7(4-13(12)24(18,21)22)14(20)19-11-6-9(16)8(15)5-10(11)17/h2-6H,1H3,(H,19,20)(H2,18,21,22). The average Bonchev–Trinajstić information content (AvgIpc) is 2.51. The van der Waals surface area contributed by atoms with Gasteiger partial charge in [-0.1, -0.05) is 34.8 Å². The molecule has 0 spiro atoms. The summed E-state index contributed by atoms with van der Waals surface area (Å²) in [7, 11) is -2.77. The number of benzene rings is 2. The molecule has 3 N–H and O–H groups in total. The van der Waals surface area contributed by atoms with Crippen molar-refractivity contribution >= 4 is 56.4 Å². The Morgan fingerprint density at radius 1 is 1.08 bits per heavy atom. The van der Waals surface area contributed by atoms with E-state index >= 15 is 0 Å². The highest BCUT2D eigenvalue weighted by molar-refractivity contribution is 7.89. The van der Waals surface area contributed by atoms with E-state index in [-0.39, 0.29) is 37.0 Å². The molecule has 1 amide bonds. The molecule has 0 aliphatic carbocycles. The minimum absolute atomic E-state index is 0.0293. The van der Waals surface area contributed by atoms with Crippen LogP contribution in [0, 0.1) is 0 Å². The van der Waals surface area contributed by atoms with Gasteiger partial charge in [-0.25, -0.2) is 13.6 Å². The molecule has 0 atom stereocenters. The summed E-state index contributed by atoms with van der Waals surface area (Å²) in [5.74, 6) is -0.579. The fraction of sp³-hybridized carbons (Fsp3) is 0.0714. The Hall–Kier alpha value is -1.51. The first-order valence-corrected chi connectivity index (χ1v) is 8.98. The van der Waals surface area contributed by atoms with Crippen molar-refractivity contribution in [2.24, 2.45) is 5.14 Å². The van der Waals surface area contributed by atoms with Crippen molar-refractivity contribution < 1.29 is 17.9 Å². The fourth-order valence-electron chi connectivity index (χ4n) is 1.85. The first-order valence-electron chi connectivity index (χ1n) is 6.30. The molecular formula is C14H11Cl3N2O4S. The molecule has 0 fully saturated rings. The van der Waals surface area contributed by atoms with Gasteiger partial charge in [0, 0.05) is 5.56 Å². The number of rotatable bonds is 4. The molecule has 6 nitrogen and oxygen atoms in total. The van der Waals surface area contributed by atoms with Gasteiger partial charge in [-0.05, 0) is 30.3 Å². The Morgan fingerprint density at radius 2 is 1.71 bits per heavy atom. The molecule has 2 rings (SSSR count). The van der Waals surface area contributed by atoms with E-state index in [1.165, 1.54) is 31.4 Å². The normalized spacial score (nSPS) is 11.2. The minimum atomic E-state index is -4.06. The molecule has 2 aromatic rings. The highest BCUT2D eigenvalue weighted by atomic mass is 35.5. The van der Waals surface area contributed by atoms with Crippen LogP contribution in [0.15, 0.2) is 35.2 Å². The average molecular weight is 410 g/mol. The van der Waals surface area contributed by atoms with E-state index in [2.05, 4.69) is 5.32 Å². The van der Waals surface area contributed by atoms with Crippen LogP contribution in [0.4, 0.5) is 5.69 Å². The predicted octanol–water partition coefficient (Wildman–Crippen LogP) is 3.56. The summed E-state index contributed by atoms with van der Waals surface area (Å²) in [5.41, 5.74) is 0.269. The summed E-state index contributed by atoms with van der Waals surface area (Å²) in [6, 6.07) is 6.58. The maximum atomic E-state index is 12.3. The quantitative estimate of drug-likeness (QED) is 0.754. The van der Waals surface area contributed by atoms with Gasteiger partial charge in [0.05, 0.1) is 27.9 Å². The van der Waals surface area contributed by atoms with Crippen LogP contribution < -0.4 is 15.2 Å². The Kier molecular flexibility index (Phi) is 5.62. The number of amides is 1. The number of hydrogen-bond donors (Lipinski definition) is 2. The number of carbonyl (C=O) groups excluding carboxylic acids is 1. The maximum absolute atomic E-state index is 12.3. The van der Waals surface area contributed by atoms with Gasteiger partial charge in [0.2, 0.25) is 10.0 Å². The van der Waals surface area contributed by atoms with E-state index in [4.69, 9.17) is 44.7 Å². The molecule has 0 aliphatic rings. The highest BCUT2D eigenvalue weighted by Crippen LogP contribution is 2.32. The van der Waals surface area contributed by atoms with Crippen molar-refractivity contribution in [1.29, 1.82) is 0 Å². The molecule has 10 heteroatoms. The zero-order valence-electron chi connectivity index (χ0n) is 12.1. The third-order valence-corrected chi connectivity index (χ3v) is 4.96. The summed E-state index contributed by atoms with van der Waals surface area (Å²) < 4.78 is 28.1. The van der Waals surface area contributed by atoms with Crippen molar-refractivity contribution in [2.75, 3.05) is 12.4 Å². The van der Waals surface area contributed by atoms with Gasteiger partial charge >= 0.3 is 0 Å². The van der Waals surface area contributed by atoms with Gasteiger partial charge in [0.25, 0.3) is 5.91 Å². The molecular weight excluding hydrogens is 399 g/mol. The van der Waals surface area contributed by atoms with Gasteiger partial charge in [0.15, 0.2) is 0 Å². The van der Waals surface area contributed by atoms with Crippen LogP contribution in [-0.4, -0.2) is 21.4 Å². The zero-order chi connectivity index (χ0) is 18.1. The van der Waals surface area contributed by atoms with E-state index in [0.717, 1.165) is 6.07 Å². The molecule has 24 heavy (non-hydrogen) atoms. The number of hydrogen-bond acceptors (Lipinski definition) is 4. The third-order valence-electron chi connectivity index (χ3n) is 2.99. The number of nitrogens with two attached hydrogens (primary N) is 1. The Bertz CT molecular complexity index is 916. The Labute approximate surface area is 153 Å². The lowest BCUT2D eigenvalue weighted by molar-refractivity contribution is 0.102. The van der Waals surface area contributed by atoms with Crippen molar-refractivity contribution in [3.05, 3.63) is 51.0 Å². The van der Waals surface area contributed by atoms with E-state index < -0.39 is 15.9 Å². The van der Waals surface area contributed by atoms with E-state index in [1.54, 1.807) is 0 Å².